The van der Waals surface area contributed by atoms with Crippen LogP contribution in [0.15, 0.2) is 59.5 Å². The average molecular weight is 408 g/mol. The van der Waals surface area contributed by atoms with E-state index in [0.717, 1.165) is 0 Å². The highest BCUT2D eigenvalue weighted by molar-refractivity contribution is 5.96. The smallest absolute Gasteiger partial charge is 0.262 e. The average Bonchev–Trinajstić information content (AvgIpc) is 2.74. The van der Waals surface area contributed by atoms with Crippen molar-refractivity contribution in [2.24, 2.45) is 0 Å². The number of fused-ring (bicyclic) bond motifs is 1. The topological polar surface area (TPSA) is 86.6 Å². The molecule has 0 fully saturated rings. The first-order valence-corrected chi connectivity index (χ1v) is 9.73. The van der Waals surface area contributed by atoms with Gasteiger partial charge in [-0.15, -0.1) is 0 Å². The maximum atomic E-state index is 12.7. The quantitative estimate of drug-likeness (QED) is 0.434. The van der Waals surface area contributed by atoms with E-state index in [0.29, 0.717) is 47.5 Å². The van der Waals surface area contributed by atoms with Crippen LogP contribution in [0.1, 0.15) is 24.2 Å². The van der Waals surface area contributed by atoms with Gasteiger partial charge in [0.25, 0.3) is 11.5 Å². The maximum absolute atomic E-state index is 12.7. The molecule has 7 heteroatoms. The summed E-state index contributed by atoms with van der Waals surface area (Å²) in [5.41, 5.74) is 1.02. The maximum Gasteiger partial charge on any atom is 0.262 e. The fourth-order valence-corrected chi connectivity index (χ4v) is 3.03. The predicted octanol–water partition coefficient (Wildman–Crippen LogP) is 3.26. The molecule has 0 atom stereocenters. The number of carbonyl (C=O) groups excluding carboxylic acids is 2. The predicted molar refractivity (Wildman–Crippen MR) is 115 cm³/mol. The number of amides is 1. The van der Waals surface area contributed by atoms with Crippen LogP contribution in [-0.4, -0.2) is 36.1 Å². The fourth-order valence-electron chi connectivity index (χ4n) is 3.03. The normalized spacial score (nSPS) is 10.7. The first kappa shape index (κ1) is 21.3. The zero-order valence-corrected chi connectivity index (χ0v) is 17.0. The zero-order chi connectivity index (χ0) is 21.5. The highest BCUT2D eigenvalue weighted by atomic mass is 16.5. The number of ketones is 1. The molecule has 1 amide bonds. The molecule has 3 aromatic rings. The van der Waals surface area contributed by atoms with Gasteiger partial charge in [-0.3, -0.25) is 14.4 Å². The van der Waals surface area contributed by atoms with Crippen LogP contribution in [0.2, 0.25) is 0 Å². The van der Waals surface area contributed by atoms with E-state index in [9.17, 15) is 14.4 Å². The standard InChI is InChI=1S/C23H24N2O5/c1-3-29-14-13-25-12-11-19-20(23(25)28)5-4-6-21(19)30-15-22(27)24-18-9-7-17(8-10-18)16(2)26/h4-12H,3,13-15H2,1-2H3,(H,24,27). The number of aromatic nitrogens is 1. The summed E-state index contributed by atoms with van der Waals surface area (Å²) in [5.74, 6) is 0.0837. The van der Waals surface area contributed by atoms with Crippen molar-refractivity contribution in [3.8, 4) is 5.75 Å². The number of ether oxygens (including phenoxy) is 2. The number of anilines is 1. The summed E-state index contributed by atoms with van der Waals surface area (Å²) in [6.45, 7) is 4.72. The number of hydrogen-bond acceptors (Lipinski definition) is 5. The molecule has 0 saturated heterocycles. The Bertz CT molecular complexity index is 1100. The Kier molecular flexibility index (Phi) is 6.98. The highest BCUT2D eigenvalue weighted by Gasteiger charge is 2.10. The Morgan fingerprint density at radius 1 is 1.03 bits per heavy atom. The lowest BCUT2D eigenvalue weighted by Gasteiger charge is -2.12. The number of pyridine rings is 1. The van der Waals surface area contributed by atoms with Gasteiger partial charge in [-0.25, -0.2) is 0 Å². The Labute approximate surface area is 174 Å². The molecule has 0 bridgehead atoms. The van der Waals surface area contributed by atoms with Crippen molar-refractivity contribution in [1.82, 2.24) is 4.57 Å². The van der Waals surface area contributed by atoms with Gasteiger partial charge >= 0.3 is 0 Å². The van der Waals surface area contributed by atoms with E-state index in [4.69, 9.17) is 9.47 Å². The lowest BCUT2D eigenvalue weighted by atomic mass is 10.1. The largest absolute Gasteiger partial charge is 0.483 e. The highest BCUT2D eigenvalue weighted by Crippen LogP contribution is 2.23. The second kappa shape index (κ2) is 9.84. The lowest BCUT2D eigenvalue weighted by molar-refractivity contribution is -0.118. The van der Waals surface area contributed by atoms with Crippen LogP contribution in [0.5, 0.6) is 5.75 Å². The molecule has 0 aliphatic rings. The number of Topliss-reactive ketones (excluding diaryl/α,β-unsaturated/α-hetero) is 1. The van der Waals surface area contributed by atoms with Gasteiger partial charge in [0.05, 0.1) is 12.0 Å². The molecule has 0 aliphatic heterocycles. The molecule has 0 saturated carbocycles. The molecule has 30 heavy (non-hydrogen) atoms. The summed E-state index contributed by atoms with van der Waals surface area (Å²) < 4.78 is 12.6. The van der Waals surface area contributed by atoms with Gasteiger partial charge in [0.1, 0.15) is 5.75 Å². The minimum atomic E-state index is -0.340. The van der Waals surface area contributed by atoms with Crippen molar-refractivity contribution in [3.63, 3.8) is 0 Å². The number of carbonyl (C=O) groups is 2. The third-order valence-electron chi connectivity index (χ3n) is 4.59. The van der Waals surface area contributed by atoms with Crippen molar-refractivity contribution in [2.45, 2.75) is 20.4 Å². The van der Waals surface area contributed by atoms with Gasteiger partial charge in [-0.2, -0.15) is 0 Å². The third-order valence-corrected chi connectivity index (χ3v) is 4.59. The molecule has 3 rings (SSSR count). The molecule has 2 aromatic carbocycles. The van der Waals surface area contributed by atoms with Crippen molar-refractivity contribution in [2.75, 3.05) is 25.1 Å². The molecule has 1 aromatic heterocycles. The zero-order valence-electron chi connectivity index (χ0n) is 17.0. The summed E-state index contributed by atoms with van der Waals surface area (Å²) in [6, 6.07) is 13.6. The number of rotatable bonds is 9. The fraction of sp³-hybridized carbons (Fsp3) is 0.261. The number of nitrogens with one attached hydrogen (secondary N) is 1. The summed E-state index contributed by atoms with van der Waals surface area (Å²) in [4.78, 5) is 36.2. The van der Waals surface area contributed by atoms with Crippen LogP contribution in [0.3, 0.4) is 0 Å². The molecule has 0 aliphatic carbocycles. The Balaban J connectivity index is 1.68. The van der Waals surface area contributed by atoms with E-state index in [1.54, 1.807) is 59.3 Å². The SMILES string of the molecule is CCOCCn1ccc2c(OCC(=O)Nc3ccc(C(C)=O)cc3)cccc2c1=O. The van der Waals surface area contributed by atoms with Crippen molar-refractivity contribution in [3.05, 3.63) is 70.6 Å². The van der Waals surface area contributed by atoms with Crippen LogP contribution >= 0.6 is 0 Å². The number of hydrogen-bond donors (Lipinski definition) is 1. The van der Waals surface area contributed by atoms with Gasteiger partial charge in [0.2, 0.25) is 0 Å². The first-order valence-electron chi connectivity index (χ1n) is 9.73. The molecule has 1 heterocycles. The molecule has 1 N–H and O–H groups in total. The van der Waals surface area contributed by atoms with Crippen LogP contribution in [0, 0.1) is 0 Å². The number of benzene rings is 2. The second-order valence-corrected chi connectivity index (χ2v) is 6.70. The summed E-state index contributed by atoms with van der Waals surface area (Å²) in [5, 5.41) is 3.89. The Morgan fingerprint density at radius 3 is 2.50 bits per heavy atom. The first-order chi connectivity index (χ1) is 14.5. The minimum absolute atomic E-state index is 0.0379. The van der Waals surface area contributed by atoms with Crippen LogP contribution in [0.25, 0.3) is 10.8 Å². The van der Waals surface area contributed by atoms with E-state index in [-0.39, 0.29) is 23.9 Å². The molecule has 7 nitrogen and oxygen atoms in total. The molecule has 0 spiro atoms. The van der Waals surface area contributed by atoms with Crippen molar-refractivity contribution in [1.29, 1.82) is 0 Å². The molecular weight excluding hydrogens is 384 g/mol. The van der Waals surface area contributed by atoms with Gasteiger partial charge in [-0.1, -0.05) is 6.07 Å². The monoisotopic (exact) mass is 408 g/mol. The summed E-state index contributed by atoms with van der Waals surface area (Å²) in [7, 11) is 0. The molecule has 0 radical (unpaired) electrons. The molecular formula is C23H24N2O5. The summed E-state index contributed by atoms with van der Waals surface area (Å²) in [6.07, 6.45) is 1.70. The van der Waals surface area contributed by atoms with Gasteiger partial charge in [-0.05, 0) is 56.3 Å². The van der Waals surface area contributed by atoms with E-state index in [2.05, 4.69) is 5.32 Å². The van der Waals surface area contributed by atoms with E-state index in [1.807, 2.05) is 6.92 Å². The van der Waals surface area contributed by atoms with E-state index < -0.39 is 0 Å². The lowest BCUT2D eigenvalue weighted by Crippen LogP contribution is -2.22. The van der Waals surface area contributed by atoms with E-state index >= 15 is 0 Å². The summed E-state index contributed by atoms with van der Waals surface area (Å²) >= 11 is 0. The molecule has 156 valence electrons. The van der Waals surface area contributed by atoms with Crippen molar-refractivity contribution >= 4 is 28.2 Å². The van der Waals surface area contributed by atoms with E-state index in [1.165, 1.54) is 6.92 Å². The van der Waals surface area contributed by atoms with Gasteiger partial charge in [0.15, 0.2) is 12.4 Å². The Hall–Kier alpha value is -3.45. The van der Waals surface area contributed by atoms with Gasteiger partial charge < -0.3 is 19.4 Å². The Morgan fingerprint density at radius 2 is 1.80 bits per heavy atom. The molecule has 0 unspecified atom stereocenters. The van der Waals surface area contributed by atoms with Crippen LogP contribution in [0.4, 0.5) is 5.69 Å². The van der Waals surface area contributed by atoms with Crippen molar-refractivity contribution < 1.29 is 19.1 Å². The van der Waals surface area contributed by atoms with Crippen LogP contribution in [-0.2, 0) is 16.1 Å². The third kappa shape index (κ3) is 5.12. The minimum Gasteiger partial charge on any atom is -0.483 e. The number of nitrogens with zero attached hydrogens (tertiary/aromatic N) is 1. The van der Waals surface area contributed by atoms with Gasteiger partial charge in [0, 0.05) is 36.0 Å². The second-order valence-electron chi connectivity index (χ2n) is 6.70. The van der Waals surface area contributed by atoms with Crippen LogP contribution < -0.4 is 15.6 Å².